The lowest BCUT2D eigenvalue weighted by molar-refractivity contribution is -0.384. The van der Waals surface area contributed by atoms with E-state index in [4.69, 9.17) is 5.11 Å². The van der Waals surface area contributed by atoms with E-state index in [1.807, 2.05) is 6.92 Å². The fourth-order valence-electron chi connectivity index (χ4n) is 1.64. The molecule has 0 atom stereocenters. The Hall–Kier alpha value is -2.64. The molecule has 0 bridgehead atoms. The van der Waals surface area contributed by atoms with Gasteiger partial charge in [0.2, 0.25) is 5.91 Å². The highest BCUT2D eigenvalue weighted by molar-refractivity contribution is 5.94. The SMILES string of the molecule is CCCNC(=O)CCNc1cc([N+](=O)[O-])ccc1C(=O)O. The minimum absolute atomic E-state index is 0.0745. The average Bonchev–Trinajstić information content (AvgIpc) is 2.44. The molecule has 0 aliphatic rings. The van der Waals surface area contributed by atoms with Gasteiger partial charge in [0, 0.05) is 31.6 Å². The van der Waals surface area contributed by atoms with Crippen LogP contribution >= 0.6 is 0 Å². The molecule has 0 aromatic heterocycles. The highest BCUT2D eigenvalue weighted by Crippen LogP contribution is 2.22. The number of nitro groups is 1. The lowest BCUT2D eigenvalue weighted by Crippen LogP contribution is -2.26. The van der Waals surface area contributed by atoms with Crippen LogP contribution in [0.1, 0.15) is 30.1 Å². The van der Waals surface area contributed by atoms with Gasteiger partial charge in [0.05, 0.1) is 16.2 Å². The number of carboxylic acid groups (broad SMARTS) is 1. The molecule has 0 spiro atoms. The van der Waals surface area contributed by atoms with Crippen molar-refractivity contribution in [2.24, 2.45) is 0 Å². The van der Waals surface area contributed by atoms with Crippen LogP contribution < -0.4 is 10.6 Å². The summed E-state index contributed by atoms with van der Waals surface area (Å²) in [6.45, 7) is 2.70. The summed E-state index contributed by atoms with van der Waals surface area (Å²) in [7, 11) is 0. The van der Waals surface area contributed by atoms with Crippen LogP contribution in [0.4, 0.5) is 11.4 Å². The summed E-state index contributed by atoms with van der Waals surface area (Å²) in [5, 5.41) is 25.2. The third-order valence-corrected chi connectivity index (χ3v) is 2.68. The monoisotopic (exact) mass is 295 g/mol. The number of anilines is 1. The zero-order valence-corrected chi connectivity index (χ0v) is 11.6. The minimum atomic E-state index is -1.19. The number of hydrogen-bond donors (Lipinski definition) is 3. The molecule has 0 heterocycles. The van der Waals surface area contributed by atoms with Crippen molar-refractivity contribution in [3.8, 4) is 0 Å². The molecule has 1 aromatic carbocycles. The summed E-state index contributed by atoms with van der Waals surface area (Å²) < 4.78 is 0. The maximum Gasteiger partial charge on any atom is 0.337 e. The Kier molecular flexibility index (Phi) is 6.12. The predicted octanol–water partition coefficient (Wildman–Crippen LogP) is 1.62. The van der Waals surface area contributed by atoms with Crippen LogP contribution in [0.5, 0.6) is 0 Å². The molecule has 0 saturated carbocycles. The summed E-state index contributed by atoms with van der Waals surface area (Å²) >= 11 is 0. The molecule has 0 aliphatic heterocycles. The largest absolute Gasteiger partial charge is 0.478 e. The van der Waals surface area contributed by atoms with Crippen molar-refractivity contribution in [1.29, 1.82) is 0 Å². The van der Waals surface area contributed by atoms with E-state index in [0.29, 0.717) is 6.54 Å². The Morgan fingerprint density at radius 3 is 2.62 bits per heavy atom. The van der Waals surface area contributed by atoms with Crippen molar-refractivity contribution in [3.63, 3.8) is 0 Å². The molecular formula is C13H17N3O5. The Balaban J connectivity index is 2.71. The Morgan fingerprint density at radius 1 is 1.33 bits per heavy atom. The van der Waals surface area contributed by atoms with Gasteiger partial charge in [-0.25, -0.2) is 4.79 Å². The molecule has 21 heavy (non-hydrogen) atoms. The van der Waals surface area contributed by atoms with Gasteiger partial charge in [0.15, 0.2) is 0 Å². The van der Waals surface area contributed by atoms with Crippen molar-refractivity contribution in [1.82, 2.24) is 5.32 Å². The van der Waals surface area contributed by atoms with Crippen molar-refractivity contribution < 1.29 is 19.6 Å². The fourth-order valence-corrected chi connectivity index (χ4v) is 1.64. The molecule has 0 aliphatic carbocycles. The van der Waals surface area contributed by atoms with E-state index in [9.17, 15) is 19.7 Å². The van der Waals surface area contributed by atoms with Crippen LogP contribution in [0.15, 0.2) is 18.2 Å². The summed E-state index contributed by atoms with van der Waals surface area (Å²) in [4.78, 5) is 32.6. The highest BCUT2D eigenvalue weighted by Gasteiger charge is 2.15. The van der Waals surface area contributed by atoms with Crippen LogP contribution in [0.2, 0.25) is 0 Å². The van der Waals surface area contributed by atoms with E-state index >= 15 is 0 Å². The van der Waals surface area contributed by atoms with Gasteiger partial charge in [0.25, 0.3) is 5.69 Å². The van der Waals surface area contributed by atoms with E-state index in [1.54, 1.807) is 0 Å². The van der Waals surface area contributed by atoms with E-state index in [1.165, 1.54) is 6.07 Å². The average molecular weight is 295 g/mol. The third-order valence-electron chi connectivity index (χ3n) is 2.68. The zero-order chi connectivity index (χ0) is 15.8. The van der Waals surface area contributed by atoms with E-state index < -0.39 is 10.9 Å². The first kappa shape index (κ1) is 16.4. The number of hydrogen-bond acceptors (Lipinski definition) is 5. The van der Waals surface area contributed by atoms with Gasteiger partial charge in [-0.3, -0.25) is 14.9 Å². The molecule has 114 valence electrons. The molecule has 0 radical (unpaired) electrons. The van der Waals surface area contributed by atoms with Crippen molar-refractivity contribution in [3.05, 3.63) is 33.9 Å². The van der Waals surface area contributed by atoms with E-state index in [2.05, 4.69) is 10.6 Å². The number of nitrogens with one attached hydrogen (secondary N) is 2. The Morgan fingerprint density at radius 2 is 2.05 bits per heavy atom. The lowest BCUT2D eigenvalue weighted by atomic mass is 10.1. The molecule has 0 saturated heterocycles. The quantitative estimate of drug-likeness (QED) is 0.495. The van der Waals surface area contributed by atoms with Crippen LogP contribution in [-0.4, -0.2) is 35.0 Å². The van der Waals surface area contributed by atoms with Crippen molar-refractivity contribution in [2.75, 3.05) is 18.4 Å². The summed E-state index contributed by atoms with van der Waals surface area (Å²) in [5.74, 6) is -1.35. The molecule has 1 rings (SSSR count). The molecule has 8 heteroatoms. The smallest absolute Gasteiger partial charge is 0.337 e. The molecule has 1 aromatic rings. The number of carboxylic acids is 1. The number of aromatic carboxylic acids is 1. The number of nitro benzene ring substituents is 1. The van der Waals surface area contributed by atoms with Gasteiger partial charge in [-0.1, -0.05) is 6.92 Å². The molecule has 3 N–H and O–H groups in total. The van der Waals surface area contributed by atoms with E-state index in [-0.39, 0.29) is 35.8 Å². The fraction of sp³-hybridized carbons (Fsp3) is 0.385. The maximum absolute atomic E-state index is 11.4. The normalized spacial score (nSPS) is 9.95. The molecule has 0 fully saturated rings. The second-order valence-electron chi connectivity index (χ2n) is 4.32. The van der Waals surface area contributed by atoms with Gasteiger partial charge in [-0.15, -0.1) is 0 Å². The maximum atomic E-state index is 11.4. The Bertz CT molecular complexity index is 545. The van der Waals surface area contributed by atoms with Crippen molar-refractivity contribution in [2.45, 2.75) is 19.8 Å². The summed E-state index contributed by atoms with van der Waals surface area (Å²) in [5.41, 5.74) is -0.160. The topological polar surface area (TPSA) is 122 Å². The number of amides is 1. The third kappa shape index (κ3) is 5.09. The van der Waals surface area contributed by atoms with Crippen LogP contribution in [0.3, 0.4) is 0 Å². The first-order chi connectivity index (χ1) is 9.95. The predicted molar refractivity (Wildman–Crippen MR) is 76.5 cm³/mol. The molecule has 0 unspecified atom stereocenters. The van der Waals surface area contributed by atoms with Crippen LogP contribution in [-0.2, 0) is 4.79 Å². The number of carbonyl (C=O) groups is 2. The van der Waals surface area contributed by atoms with Crippen LogP contribution in [0.25, 0.3) is 0 Å². The number of nitrogens with zero attached hydrogens (tertiary/aromatic N) is 1. The van der Waals surface area contributed by atoms with Gasteiger partial charge >= 0.3 is 5.97 Å². The standard InChI is InChI=1S/C13H17N3O5/c1-2-6-15-12(17)5-7-14-11-8-9(16(20)21)3-4-10(11)13(18)19/h3-4,8,14H,2,5-7H2,1H3,(H,15,17)(H,18,19). The Labute approximate surface area is 121 Å². The second-order valence-corrected chi connectivity index (χ2v) is 4.32. The number of benzene rings is 1. The number of rotatable bonds is 8. The van der Waals surface area contributed by atoms with Gasteiger partial charge in [-0.05, 0) is 12.5 Å². The van der Waals surface area contributed by atoms with Gasteiger partial charge in [-0.2, -0.15) is 0 Å². The minimum Gasteiger partial charge on any atom is -0.478 e. The molecule has 8 nitrogen and oxygen atoms in total. The first-order valence-corrected chi connectivity index (χ1v) is 6.48. The summed E-state index contributed by atoms with van der Waals surface area (Å²) in [6, 6.07) is 3.44. The van der Waals surface area contributed by atoms with Crippen molar-refractivity contribution >= 4 is 23.3 Å². The number of non-ortho nitro benzene ring substituents is 1. The summed E-state index contributed by atoms with van der Waals surface area (Å²) in [6.07, 6.45) is 0.981. The molecular weight excluding hydrogens is 278 g/mol. The zero-order valence-electron chi connectivity index (χ0n) is 11.6. The lowest BCUT2D eigenvalue weighted by Gasteiger charge is -2.09. The van der Waals surface area contributed by atoms with Crippen LogP contribution in [0, 0.1) is 10.1 Å². The second kappa shape index (κ2) is 7.83. The molecule has 1 amide bonds. The first-order valence-electron chi connectivity index (χ1n) is 6.48. The van der Waals surface area contributed by atoms with E-state index in [0.717, 1.165) is 18.6 Å². The number of carbonyl (C=O) groups excluding carboxylic acids is 1. The highest BCUT2D eigenvalue weighted by atomic mass is 16.6. The van der Waals surface area contributed by atoms with Gasteiger partial charge in [0.1, 0.15) is 0 Å². The van der Waals surface area contributed by atoms with Gasteiger partial charge < -0.3 is 15.7 Å².